The van der Waals surface area contributed by atoms with E-state index in [1.54, 1.807) is 6.20 Å². The first-order chi connectivity index (χ1) is 15.0. The van der Waals surface area contributed by atoms with Crippen molar-refractivity contribution in [1.82, 2.24) is 34.3 Å². The molecule has 3 aromatic heterocycles. The number of rotatable bonds is 4. The number of hydrogen-bond acceptors (Lipinski definition) is 6. The minimum absolute atomic E-state index is 0.0895. The van der Waals surface area contributed by atoms with Gasteiger partial charge in [0.25, 0.3) is 0 Å². The Balaban J connectivity index is 1.69. The number of benzene rings is 1. The van der Waals surface area contributed by atoms with E-state index in [0.29, 0.717) is 11.0 Å². The summed E-state index contributed by atoms with van der Waals surface area (Å²) in [7, 11) is 0. The average molecular weight is 435 g/mol. The molecule has 8 nitrogen and oxygen atoms in total. The minimum atomic E-state index is 0.0895. The number of aryl methyl sites for hydroxylation is 1. The maximum absolute atomic E-state index is 6.20. The van der Waals surface area contributed by atoms with Crippen LogP contribution in [0.15, 0.2) is 42.9 Å². The Morgan fingerprint density at radius 3 is 2.74 bits per heavy atom. The molecule has 0 saturated carbocycles. The molecule has 5 rings (SSSR count). The molecule has 31 heavy (non-hydrogen) atoms. The molecule has 1 aliphatic rings. The van der Waals surface area contributed by atoms with Crippen LogP contribution in [0.25, 0.3) is 23.0 Å². The van der Waals surface area contributed by atoms with Gasteiger partial charge in [-0.25, -0.2) is 9.97 Å². The van der Waals surface area contributed by atoms with Gasteiger partial charge in [0.2, 0.25) is 5.95 Å². The van der Waals surface area contributed by atoms with Gasteiger partial charge in [-0.3, -0.25) is 9.13 Å². The first-order valence-corrected chi connectivity index (χ1v) is 10.7. The Morgan fingerprint density at radius 1 is 1.16 bits per heavy atom. The monoisotopic (exact) mass is 434 g/mol. The lowest BCUT2D eigenvalue weighted by Crippen LogP contribution is -2.40. The van der Waals surface area contributed by atoms with Crippen LogP contribution < -0.4 is 4.90 Å². The molecule has 4 aromatic rings. The van der Waals surface area contributed by atoms with Gasteiger partial charge in [-0.05, 0) is 39.3 Å². The van der Waals surface area contributed by atoms with Gasteiger partial charge in [0.05, 0.1) is 12.2 Å². The molecule has 0 radical (unpaired) electrons. The molecule has 9 heteroatoms. The van der Waals surface area contributed by atoms with Gasteiger partial charge in [0, 0.05) is 29.0 Å². The number of nitrogens with zero attached hydrogens (tertiary/aromatic N) is 8. The maximum Gasteiger partial charge on any atom is 0.237 e. The average Bonchev–Trinajstić information content (AvgIpc) is 3.39. The van der Waals surface area contributed by atoms with Crippen molar-refractivity contribution in [3.63, 3.8) is 0 Å². The largest absolute Gasteiger partial charge is 0.342 e. The Kier molecular flexibility index (Phi) is 4.74. The van der Waals surface area contributed by atoms with Crippen LogP contribution in [0.5, 0.6) is 0 Å². The predicted octanol–water partition coefficient (Wildman–Crippen LogP) is 4.55. The van der Waals surface area contributed by atoms with Crippen molar-refractivity contribution >= 4 is 17.4 Å². The van der Waals surface area contributed by atoms with Gasteiger partial charge in [-0.2, -0.15) is 4.98 Å². The molecule has 1 aromatic carbocycles. The number of hydrogen-bond donors (Lipinski definition) is 0. The lowest BCUT2D eigenvalue weighted by Gasteiger charge is -2.39. The summed E-state index contributed by atoms with van der Waals surface area (Å²) in [5.41, 5.74) is 1.80. The van der Waals surface area contributed by atoms with Crippen molar-refractivity contribution < 1.29 is 0 Å². The van der Waals surface area contributed by atoms with Crippen LogP contribution in [0.3, 0.4) is 0 Å². The fourth-order valence-corrected chi connectivity index (χ4v) is 4.47. The van der Waals surface area contributed by atoms with E-state index in [2.05, 4.69) is 50.4 Å². The van der Waals surface area contributed by atoms with Gasteiger partial charge >= 0.3 is 0 Å². The highest BCUT2D eigenvalue weighted by Gasteiger charge is 2.36. The first-order valence-electron chi connectivity index (χ1n) is 10.4. The standard InChI is InChI=1S/C22H23ClN8/c1-5-17-21-28-27-14(4)31(21)18-12-25-22(26-20(18)30(17)13(2)3)29-10-9-24-19(29)15-7-6-8-16(23)11-15/h6-13,17H,5H2,1-4H3. The highest BCUT2D eigenvalue weighted by molar-refractivity contribution is 6.30. The Labute approximate surface area is 185 Å². The second-order valence-electron chi connectivity index (χ2n) is 7.88. The third-order valence-electron chi connectivity index (χ3n) is 5.59. The topological polar surface area (TPSA) is 77.5 Å². The molecule has 0 fully saturated rings. The fraction of sp³-hybridized carbons (Fsp3) is 0.318. The Morgan fingerprint density at radius 2 is 2.00 bits per heavy atom. The summed E-state index contributed by atoms with van der Waals surface area (Å²) in [6.45, 7) is 8.46. The van der Waals surface area contributed by atoms with E-state index >= 15 is 0 Å². The number of aromatic nitrogens is 7. The van der Waals surface area contributed by atoms with Crippen LogP contribution in [0.2, 0.25) is 5.02 Å². The van der Waals surface area contributed by atoms with Crippen LogP contribution in [0.4, 0.5) is 5.82 Å². The second-order valence-corrected chi connectivity index (χ2v) is 8.31. The van der Waals surface area contributed by atoms with E-state index in [1.165, 1.54) is 0 Å². The van der Waals surface area contributed by atoms with Crippen LogP contribution >= 0.6 is 11.6 Å². The van der Waals surface area contributed by atoms with Crippen LogP contribution in [0, 0.1) is 6.92 Å². The lowest BCUT2D eigenvalue weighted by molar-refractivity contribution is 0.496. The van der Waals surface area contributed by atoms with E-state index in [1.807, 2.05) is 48.1 Å². The van der Waals surface area contributed by atoms with Gasteiger partial charge in [0.15, 0.2) is 11.6 Å². The van der Waals surface area contributed by atoms with Gasteiger partial charge in [-0.15, -0.1) is 10.2 Å². The summed E-state index contributed by atoms with van der Waals surface area (Å²) >= 11 is 6.20. The van der Waals surface area contributed by atoms with Crippen molar-refractivity contribution in [3.8, 4) is 23.0 Å². The minimum Gasteiger partial charge on any atom is -0.342 e. The molecule has 0 N–H and O–H groups in total. The van der Waals surface area contributed by atoms with E-state index in [4.69, 9.17) is 16.6 Å². The molecule has 0 saturated heterocycles. The molecule has 1 atom stereocenters. The molecule has 0 aliphatic carbocycles. The van der Waals surface area contributed by atoms with Crippen molar-refractivity contribution in [2.24, 2.45) is 0 Å². The van der Waals surface area contributed by atoms with Crippen molar-refractivity contribution in [1.29, 1.82) is 0 Å². The van der Waals surface area contributed by atoms with Crippen molar-refractivity contribution in [2.75, 3.05) is 4.90 Å². The zero-order valence-corrected chi connectivity index (χ0v) is 18.6. The summed E-state index contributed by atoms with van der Waals surface area (Å²) in [5.74, 6) is 3.92. The third kappa shape index (κ3) is 3.09. The van der Waals surface area contributed by atoms with Crippen LogP contribution in [-0.2, 0) is 0 Å². The van der Waals surface area contributed by atoms with Gasteiger partial charge in [0.1, 0.15) is 17.3 Å². The van der Waals surface area contributed by atoms with E-state index < -0.39 is 0 Å². The number of fused-ring (bicyclic) bond motifs is 3. The zero-order valence-electron chi connectivity index (χ0n) is 17.9. The van der Waals surface area contributed by atoms with Crippen LogP contribution in [0.1, 0.15) is 44.9 Å². The fourth-order valence-electron chi connectivity index (χ4n) is 4.28. The molecule has 0 spiro atoms. The van der Waals surface area contributed by atoms with Crippen LogP contribution in [-0.4, -0.2) is 40.3 Å². The molecule has 4 heterocycles. The number of halogens is 1. The first kappa shape index (κ1) is 19.7. The van der Waals surface area contributed by atoms with E-state index in [-0.39, 0.29) is 12.1 Å². The zero-order chi connectivity index (χ0) is 21.7. The molecule has 1 unspecified atom stereocenters. The van der Waals surface area contributed by atoms with Gasteiger partial charge < -0.3 is 4.90 Å². The molecule has 158 valence electrons. The summed E-state index contributed by atoms with van der Waals surface area (Å²) < 4.78 is 3.96. The van der Waals surface area contributed by atoms with E-state index in [0.717, 1.165) is 41.0 Å². The molecule has 0 amide bonds. The number of imidazole rings is 1. The smallest absolute Gasteiger partial charge is 0.237 e. The predicted molar refractivity (Wildman–Crippen MR) is 120 cm³/mol. The molecule has 0 bridgehead atoms. The highest BCUT2D eigenvalue weighted by atomic mass is 35.5. The molecule has 1 aliphatic heterocycles. The second kappa shape index (κ2) is 7.46. The summed E-state index contributed by atoms with van der Waals surface area (Å²) in [6.07, 6.45) is 6.36. The summed E-state index contributed by atoms with van der Waals surface area (Å²) in [4.78, 5) is 16.5. The third-order valence-corrected chi connectivity index (χ3v) is 5.82. The van der Waals surface area contributed by atoms with Gasteiger partial charge in [-0.1, -0.05) is 30.7 Å². The molecular weight excluding hydrogens is 412 g/mol. The Bertz CT molecular complexity index is 1260. The lowest BCUT2D eigenvalue weighted by atomic mass is 10.1. The summed E-state index contributed by atoms with van der Waals surface area (Å²) in [6, 6.07) is 7.94. The highest BCUT2D eigenvalue weighted by Crippen LogP contribution is 2.40. The quantitative estimate of drug-likeness (QED) is 0.469. The number of anilines is 1. The maximum atomic E-state index is 6.20. The normalized spacial score (nSPS) is 15.3. The van der Waals surface area contributed by atoms with Crippen molar-refractivity contribution in [2.45, 2.75) is 46.2 Å². The molecular formula is C22H23ClN8. The van der Waals surface area contributed by atoms with E-state index in [9.17, 15) is 0 Å². The SMILES string of the molecule is CCC1c2nnc(C)n2-c2cnc(-n3ccnc3-c3cccc(Cl)c3)nc2N1C(C)C. The Hall–Kier alpha value is -3.26. The van der Waals surface area contributed by atoms with Crippen molar-refractivity contribution in [3.05, 3.63) is 59.5 Å². The summed E-state index contributed by atoms with van der Waals surface area (Å²) in [5, 5.41) is 9.45.